The van der Waals surface area contributed by atoms with Crippen LogP contribution in [0, 0.1) is 5.82 Å². The van der Waals surface area contributed by atoms with E-state index in [1.807, 2.05) is 0 Å². The van der Waals surface area contributed by atoms with Gasteiger partial charge in [0.2, 0.25) is 0 Å². The Morgan fingerprint density at radius 3 is 2.56 bits per heavy atom. The quantitative estimate of drug-likeness (QED) is 0.616. The van der Waals surface area contributed by atoms with E-state index in [1.54, 1.807) is 0 Å². The molecule has 8 heteroatoms. The second-order valence-corrected chi connectivity index (χ2v) is 4.92. The summed E-state index contributed by atoms with van der Waals surface area (Å²) in [5, 5.41) is -0.553. The van der Waals surface area contributed by atoms with Crippen molar-refractivity contribution in [2.75, 3.05) is 0 Å². The molecule has 0 radical (unpaired) electrons. The van der Waals surface area contributed by atoms with Gasteiger partial charge in [0.05, 0.1) is 0 Å². The minimum Gasteiger partial charge on any atom is -0.419 e. The third-order valence-corrected chi connectivity index (χ3v) is 3.19. The highest BCUT2D eigenvalue weighted by atomic mass is 32.2. The highest BCUT2D eigenvalue weighted by Gasteiger charge is 2.27. The molecule has 0 atom stereocenters. The molecule has 0 aliphatic carbocycles. The average molecular weight is 270 g/mol. The third-order valence-electron chi connectivity index (χ3n) is 2.04. The Kier molecular flexibility index (Phi) is 2.87. The van der Waals surface area contributed by atoms with Crippen molar-refractivity contribution in [1.82, 2.24) is 0 Å². The molecule has 0 spiro atoms. The Bertz CT molecular complexity index is 679. The van der Waals surface area contributed by atoms with Crippen molar-refractivity contribution in [3.63, 3.8) is 0 Å². The Balaban J connectivity index is 2.24. The number of halogens is 1. The van der Waals surface area contributed by atoms with Gasteiger partial charge in [-0.15, -0.1) is 0 Å². The lowest BCUT2D eigenvalue weighted by Gasteiger charge is -2.02. The first-order chi connectivity index (χ1) is 8.40. The zero-order valence-corrected chi connectivity index (χ0v) is 9.65. The summed E-state index contributed by atoms with van der Waals surface area (Å²) in [5.41, 5.74) is 4.65. The van der Waals surface area contributed by atoms with E-state index in [2.05, 4.69) is 9.13 Å². The standard InChI is InChI=1S/C10H7FN2O4S/c11-6-3-1-2-4-8(6)17-10(14)7-5-9(12)18(15,16)13-7/h1-5H,12H2. The van der Waals surface area contributed by atoms with E-state index in [-0.39, 0.29) is 5.75 Å². The zero-order chi connectivity index (χ0) is 13.3. The highest BCUT2D eigenvalue weighted by Crippen LogP contribution is 2.18. The van der Waals surface area contributed by atoms with Crippen molar-refractivity contribution < 1.29 is 22.3 Å². The molecule has 0 saturated heterocycles. The molecule has 94 valence electrons. The molecule has 1 aliphatic rings. The molecular weight excluding hydrogens is 263 g/mol. The van der Waals surface area contributed by atoms with E-state index in [1.165, 1.54) is 18.2 Å². The van der Waals surface area contributed by atoms with Crippen molar-refractivity contribution >= 4 is 21.7 Å². The van der Waals surface area contributed by atoms with E-state index in [0.717, 1.165) is 12.1 Å². The topological polar surface area (TPSA) is 98.8 Å². The van der Waals surface area contributed by atoms with Gasteiger partial charge >= 0.3 is 5.97 Å². The molecule has 1 aliphatic heterocycles. The van der Waals surface area contributed by atoms with Crippen molar-refractivity contribution in [3.8, 4) is 5.75 Å². The number of carbonyl (C=O) groups is 1. The van der Waals surface area contributed by atoms with Gasteiger partial charge in [0, 0.05) is 6.08 Å². The number of hydrogen-bond acceptors (Lipinski definition) is 5. The summed E-state index contributed by atoms with van der Waals surface area (Å²) in [6.07, 6.45) is 0.860. The molecule has 1 aromatic rings. The highest BCUT2D eigenvalue weighted by molar-refractivity contribution is 7.94. The van der Waals surface area contributed by atoms with Gasteiger partial charge in [-0.25, -0.2) is 9.18 Å². The number of rotatable bonds is 2. The maximum Gasteiger partial charge on any atom is 0.363 e. The summed E-state index contributed by atoms with van der Waals surface area (Å²) in [5.74, 6) is -2.16. The molecule has 0 amide bonds. The maximum atomic E-state index is 13.2. The first-order valence-corrected chi connectivity index (χ1v) is 6.13. The first-order valence-electron chi connectivity index (χ1n) is 4.69. The third kappa shape index (κ3) is 2.23. The maximum absolute atomic E-state index is 13.2. The van der Waals surface area contributed by atoms with E-state index >= 15 is 0 Å². The van der Waals surface area contributed by atoms with Crippen LogP contribution in [0.15, 0.2) is 39.8 Å². The Morgan fingerprint density at radius 1 is 1.33 bits per heavy atom. The molecular formula is C10H7FN2O4S. The molecule has 2 rings (SSSR count). The van der Waals surface area contributed by atoms with Crippen LogP contribution in [0.25, 0.3) is 0 Å². The number of para-hydroxylation sites is 1. The summed E-state index contributed by atoms with van der Waals surface area (Å²) in [4.78, 5) is 11.5. The van der Waals surface area contributed by atoms with Crippen LogP contribution < -0.4 is 10.5 Å². The van der Waals surface area contributed by atoms with Crippen LogP contribution in [0.2, 0.25) is 0 Å². The smallest absolute Gasteiger partial charge is 0.363 e. The summed E-state index contributed by atoms with van der Waals surface area (Å²) >= 11 is 0. The Labute approximate surface area is 102 Å². The van der Waals surface area contributed by atoms with Crippen LogP contribution in [-0.2, 0) is 14.8 Å². The van der Waals surface area contributed by atoms with Gasteiger partial charge in [-0.1, -0.05) is 12.1 Å². The summed E-state index contributed by atoms with van der Waals surface area (Å²) in [7, 11) is -3.99. The van der Waals surface area contributed by atoms with E-state index < -0.39 is 32.6 Å². The molecule has 1 aromatic carbocycles. The first kappa shape index (κ1) is 12.2. The molecule has 0 unspecified atom stereocenters. The fourth-order valence-electron chi connectivity index (χ4n) is 1.19. The Morgan fingerprint density at radius 2 is 2.00 bits per heavy atom. The summed E-state index contributed by atoms with van der Waals surface area (Å²) in [6, 6.07) is 5.20. The van der Waals surface area contributed by atoms with Crippen molar-refractivity contribution in [2.24, 2.45) is 10.1 Å². The number of ether oxygens (including phenoxy) is 1. The molecule has 0 aromatic heterocycles. The molecule has 0 fully saturated rings. The van der Waals surface area contributed by atoms with Crippen LogP contribution >= 0.6 is 0 Å². The summed E-state index contributed by atoms with van der Waals surface area (Å²) in [6.45, 7) is 0. The minimum absolute atomic E-state index is 0.318. The van der Waals surface area contributed by atoms with Gasteiger partial charge in [-0.3, -0.25) is 0 Å². The lowest BCUT2D eigenvalue weighted by atomic mass is 10.3. The average Bonchev–Trinajstić information content (AvgIpc) is 2.57. The van der Waals surface area contributed by atoms with Crippen molar-refractivity contribution in [1.29, 1.82) is 0 Å². The fraction of sp³-hybridized carbons (Fsp3) is 0. The second kappa shape index (κ2) is 4.22. The van der Waals surface area contributed by atoms with Crippen LogP contribution in [0.3, 0.4) is 0 Å². The number of esters is 1. The van der Waals surface area contributed by atoms with Gasteiger partial charge in [0.25, 0.3) is 10.0 Å². The van der Waals surface area contributed by atoms with Crippen molar-refractivity contribution in [3.05, 3.63) is 41.2 Å². The number of sulfonamides is 1. The van der Waals surface area contributed by atoms with E-state index in [4.69, 9.17) is 5.73 Å². The predicted octanol–water partition coefficient (Wildman–Crippen LogP) is 0.316. The van der Waals surface area contributed by atoms with Crippen LogP contribution in [0.1, 0.15) is 0 Å². The number of carbonyl (C=O) groups excluding carboxylic acids is 1. The number of nitrogens with two attached hydrogens (primary N) is 1. The number of hydrogen-bond donors (Lipinski definition) is 1. The van der Waals surface area contributed by atoms with Crippen LogP contribution in [0.5, 0.6) is 5.75 Å². The van der Waals surface area contributed by atoms with Gasteiger partial charge in [0.15, 0.2) is 22.3 Å². The van der Waals surface area contributed by atoms with Gasteiger partial charge < -0.3 is 10.5 Å². The molecule has 2 N–H and O–H groups in total. The minimum atomic E-state index is -3.99. The SMILES string of the molecule is NC1=CC(C(=O)Oc2ccccc2F)=NS1(=O)=O. The molecule has 1 heterocycles. The molecule has 0 bridgehead atoms. The van der Waals surface area contributed by atoms with E-state index in [9.17, 15) is 17.6 Å². The Hall–Kier alpha value is -2.22. The summed E-state index contributed by atoms with van der Waals surface area (Å²) < 4.78 is 43.2. The zero-order valence-electron chi connectivity index (χ0n) is 8.83. The van der Waals surface area contributed by atoms with Gasteiger partial charge in [-0.05, 0) is 12.1 Å². The van der Waals surface area contributed by atoms with Crippen LogP contribution in [-0.4, -0.2) is 20.1 Å². The van der Waals surface area contributed by atoms with Crippen LogP contribution in [0.4, 0.5) is 4.39 Å². The van der Waals surface area contributed by atoms with Gasteiger partial charge in [0.1, 0.15) is 0 Å². The second-order valence-electron chi connectivity index (χ2n) is 3.32. The van der Waals surface area contributed by atoms with Gasteiger partial charge in [-0.2, -0.15) is 12.8 Å². The molecule has 6 nitrogen and oxygen atoms in total. The molecule has 18 heavy (non-hydrogen) atoms. The fourth-order valence-corrected chi connectivity index (χ4v) is 1.95. The van der Waals surface area contributed by atoms with Crippen molar-refractivity contribution in [2.45, 2.75) is 0 Å². The lowest BCUT2D eigenvalue weighted by Crippen LogP contribution is -2.18. The normalized spacial score (nSPS) is 16.9. The van der Waals surface area contributed by atoms with E-state index in [0.29, 0.717) is 0 Å². The monoisotopic (exact) mass is 270 g/mol. The number of nitrogens with zero attached hydrogens (tertiary/aromatic N) is 1. The molecule has 0 saturated carbocycles. The lowest BCUT2D eigenvalue weighted by molar-refractivity contribution is -0.127. The number of benzene rings is 1. The largest absolute Gasteiger partial charge is 0.419 e. The predicted molar refractivity (Wildman–Crippen MR) is 60.7 cm³/mol.